The largest absolute Gasteiger partial charge is 0.478 e. The summed E-state index contributed by atoms with van der Waals surface area (Å²) in [6, 6.07) is 5.69. The van der Waals surface area contributed by atoms with Crippen molar-refractivity contribution in [1.82, 2.24) is 9.55 Å². The van der Waals surface area contributed by atoms with Crippen LogP contribution in [0.15, 0.2) is 18.2 Å². The summed E-state index contributed by atoms with van der Waals surface area (Å²) < 4.78 is 2.28. The number of carbonyl (C=O) groups is 1. The van der Waals surface area contributed by atoms with Gasteiger partial charge in [-0.05, 0) is 42.5 Å². The number of nitrogens with zero attached hydrogens (tertiary/aromatic N) is 2. The molecule has 1 aliphatic rings. The average molecular weight is 290 g/mol. The number of carboxylic acids is 1. The van der Waals surface area contributed by atoms with E-state index >= 15 is 0 Å². The second kappa shape index (κ2) is 5.48. The molecule has 0 saturated carbocycles. The molecule has 0 amide bonds. The highest BCUT2D eigenvalue weighted by Crippen LogP contribution is 2.32. The van der Waals surface area contributed by atoms with Crippen LogP contribution in [0.4, 0.5) is 0 Å². The minimum atomic E-state index is -0.878. The molecule has 1 aromatic carbocycles. The lowest BCUT2D eigenvalue weighted by atomic mass is 10.1. The third-order valence-corrected chi connectivity index (χ3v) is 4.93. The zero-order valence-corrected chi connectivity index (χ0v) is 12.3. The number of carboxylic acid groups (broad SMARTS) is 1. The van der Waals surface area contributed by atoms with Gasteiger partial charge in [0.2, 0.25) is 0 Å². The molecule has 1 saturated heterocycles. The van der Waals surface area contributed by atoms with Crippen molar-refractivity contribution in [3.63, 3.8) is 0 Å². The number of imidazole rings is 1. The molecule has 1 fully saturated rings. The number of aryl methyl sites for hydroxylation is 1. The number of hydrogen-bond donors (Lipinski definition) is 1. The number of fused-ring (bicyclic) bond motifs is 1. The Morgan fingerprint density at radius 1 is 1.45 bits per heavy atom. The van der Waals surface area contributed by atoms with E-state index in [2.05, 4.69) is 16.5 Å². The van der Waals surface area contributed by atoms with Crippen molar-refractivity contribution in [2.75, 3.05) is 11.5 Å². The summed E-state index contributed by atoms with van der Waals surface area (Å²) >= 11 is 1.99. The van der Waals surface area contributed by atoms with Crippen LogP contribution in [0.5, 0.6) is 0 Å². The van der Waals surface area contributed by atoms with Crippen molar-refractivity contribution in [3.8, 4) is 0 Å². The van der Waals surface area contributed by atoms with E-state index in [0.29, 0.717) is 11.6 Å². The first-order valence-corrected chi connectivity index (χ1v) is 8.18. The zero-order valence-electron chi connectivity index (χ0n) is 11.5. The number of rotatable bonds is 3. The van der Waals surface area contributed by atoms with Crippen LogP contribution in [0.2, 0.25) is 0 Å². The minimum Gasteiger partial charge on any atom is -0.478 e. The molecule has 0 aliphatic carbocycles. The standard InChI is InChI=1S/C15H18N2O2S/c1-2-14-16-12-4-3-10(15(18)19)9-13(12)17(14)11-5-7-20-8-6-11/h3-4,9,11H,2,5-8H2,1H3,(H,18,19). The summed E-state index contributed by atoms with van der Waals surface area (Å²) in [4.78, 5) is 15.8. The summed E-state index contributed by atoms with van der Waals surface area (Å²) in [7, 11) is 0. The van der Waals surface area contributed by atoms with E-state index in [1.165, 1.54) is 11.5 Å². The van der Waals surface area contributed by atoms with Gasteiger partial charge in [0, 0.05) is 12.5 Å². The number of aromatic carboxylic acids is 1. The van der Waals surface area contributed by atoms with Crippen LogP contribution < -0.4 is 0 Å². The van der Waals surface area contributed by atoms with Gasteiger partial charge in [-0.2, -0.15) is 11.8 Å². The van der Waals surface area contributed by atoms with E-state index in [9.17, 15) is 9.90 Å². The number of thioether (sulfide) groups is 1. The fourth-order valence-electron chi connectivity index (χ4n) is 2.88. The second-order valence-electron chi connectivity index (χ2n) is 5.10. The van der Waals surface area contributed by atoms with E-state index in [4.69, 9.17) is 0 Å². The van der Waals surface area contributed by atoms with Gasteiger partial charge in [-0.3, -0.25) is 0 Å². The Hall–Kier alpha value is -1.49. The summed E-state index contributed by atoms with van der Waals surface area (Å²) in [5, 5.41) is 9.18. The van der Waals surface area contributed by atoms with E-state index in [0.717, 1.165) is 36.1 Å². The van der Waals surface area contributed by atoms with Gasteiger partial charge in [0.05, 0.1) is 16.6 Å². The first kappa shape index (κ1) is 13.5. The highest BCUT2D eigenvalue weighted by molar-refractivity contribution is 7.99. The highest BCUT2D eigenvalue weighted by atomic mass is 32.2. The molecule has 20 heavy (non-hydrogen) atoms. The summed E-state index contributed by atoms with van der Waals surface area (Å²) in [6.45, 7) is 2.10. The predicted octanol–water partition coefficient (Wildman–Crippen LogP) is 3.37. The van der Waals surface area contributed by atoms with Crippen LogP contribution in [-0.4, -0.2) is 32.1 Å². The Morgan fingerprint density at radius 2 is 2.20 bits per heavy atom. The van der Waals surface area contributed by atoms with Crippen molar-refractivity contribution in [3.05, 3.63) is 29.6 Å². The first-order valence-electron chi connectivity index (χ1n) is 7.02. The molecule has 4 nitrogen and oxygen atoms in total. The van der Waals surface area contributed by atoms with Crippen molar-refractivity contribution < 1.29 is 9.90 Å². The Morgan fingerprint density at radius 3 is 2.85 bits per heavy atom. The lowest BCUT2D eigenvalue weighted by Crippen LogP contribution is -2.17. The Bertz CT molecular complexity index is 645. The maximum Gasteiger partial charge on any atom is 0.335 e. The Balaban J connectivity index is 2.15. The van der Waals surface area contributed by atoms with Gasteiger partial charge in [0.25, 0.3) is 0 Å². The van der Waals surface area contributed by atoms with Crippen molar-refractivity contribution in [2.45, 2.75) is 32.2 Å². The molecule has 2 aromatic rings. The molecule has 1 aromatic heterocycles. The van der Waals surface area contributed by atoms with Gasteiger partial charge >= 0.3 is 5.97 Å². The van der Waals surface area contributed by atoms with Gasteiger partial charge in [-0.1, -0.05) is 6.92 Å². The molecular formula is C15H18N2O2S. The van der Waals surface area contributed by atoms with Crippen LogP contribution in [-0.2, 0) is 6.42 Å². The van der Waals surface area contributed by atoms with Crippen LogP contribution in [0.1, 0.15) is 42.0 Å². The lowest BCUT2D eigenvalue weighted by Gasteiger charge is -2.25. The van der Waals surface area contributed by atoms with Crippen LogP contribution in [0.3, 0.4) is 0 Å². The van der Waals surface area contributed by atoms with E-state index < -0.39 is 5.97 Å². The molecule has 1 aliphatic heterocycles. The SMILES string of the molecule is CCc1nc2ccc(C(=O)O)cc2n1C1CCSCC1. The lowest BCUT2D eigenvalue weighted by molar-refractivity contribution is 0.0697. The number of benzene rings is 1. The maximum absolute atomic E-state index is 11.2. The predicted molar refractivity (Wildman–Crippen MR) is 81.7 cm³/mol. The molecule has 5 heteroatoms. The summed E-state index contributed by atoms with van der Waals surface area (Å²) in [5.74, 6) is 2.54. The molecule has 2 heterocycles. The van der Waals surface area contributed by atoms with Crippen LogP contribution in [0, 0.1) is 0 Å². The molecule has 106 valence electrons. The second-order valence-corrected chi connectivity index (χ2v) is 6.33. The van der Waals surface area contributed by atoms with E-state index in [1.54, 1.807) is 12.1 Å². The van der Waals surface area contributed by atoms with Crippen LogP contribution in [0.25, 0.3) is 11.0 Å². The van der Waals surface area contributed by atoms with Crippen molar-refractivity contribution in [2.24, 2.45) is 0 Å². The monoisotopic (exact) mass is 290 g/mol. The van der Waals surface area contributed by atoms with Gasteiger partial charge in [0.1, 0.15) is 5.82 Å². The summed E-state index contributed by atoms with van der Waals surface area (Å²) in [6.07, 6.45) is 3.15. The van der Waals surface area contributed by atoms with Gasteiger partial charge in [0.15, 0.2) is 0 Å². The Kier molecular flexibility index (Phi) is 3.70. The van der Waals surface area contributed by atoms with Crippen LogP contribution >= 0.6 is 11.8 Å². The van der Waals surface area contributed by atoms with E-state index in [-0.39, 0.29) is 0 Å². The van der Waals surface area contributed by atoms with Gasteiger partial charge in [-0.15, -0.1) is 0 Å². The van der Waals surface area contributed by atoms with Crippen molar-refractivity contribution >= 4 is 28.8 Å². The zero-order chi connectivity index (χ0) is 14.1. The molecule has 0 spiro atoms. The number of hydrogen-bond acceptors (Lipinski definition) is 3. The molecule has 0 atom stereocenters. The minimum absolute atomic E-state index is 0.339. The van der Waals surface area contributed by atoms with Crippen molar-refractivity contribution in [1.29, 1.82) is 0 Å². The third kappa shape index (κ3) is 2.30. The maximum atomic E-state index is 11.2. The molecule has 0 radical (unpaired) electrons. The topological polar surface area (TPSA) is 55.1 Å². The molecule has 0 bridgehead atoms. The van der Waals surface area contributed by atoms with Gasteiger partial charge < -0.3 is 9.67 Å². The quantitative estimate of drug-likeness (QED) is 0.941. The smallest absolute Gasteiger partial charge is 0.335 e. The average Bonchev–Trinajstić information content (AvgIpc) is 2.85. The molecule has 3 rings (SSSR count). The normalized spacial score (nSPS) is 16.6. The molecule has 0 unspecified atom stereocenters. The fraction of sp³-hybridized carbons (Fsp3) is 0.467. The number of aromatic nitrogens is 2. The van der Waals surface area contributed by atoms with Gasteiger partial charge in [-0.25, -0.2) is 9.78 Å². The first-order chi connectivity index (χ1) is 9.70. The molecule has 1 N–H and O–H groups in total. The third-order valence-electron chi connectivity index (χ3n) is 3.88. The highest BCUT2D eigenvalue weighted by Gasteiger charge is 2.21. The molecular weight excluding hydrogens is 272 g/mol. The summed E-state index contributed by atoms with van der Waals surface area (Å²) in [5.41, 5.74) is 2.22. The van der Waals surface area contributed by atoms with E-state index in [1.807, 2.05) is 17.8 Å². The fourth-order valence-corrected chi connectivity index (χ4v) is 3.96. The Labute approximate surface area is 122 Å².